The van der Waals surface area contributed by atoms with Gasteiger partial charge in [-0.25, -0.2) is 4.39 Å². The number of halogens is 3. The molecule has 2 unspecified atom stereocenters. The average molecular weight is 324 g/mol. The van der Waals surface area contributed by atoms with Gasteiger partial charge in [0.25, 0.3) is 0 Å². The maximum absolute atomic E-state index is 13.5. The standard InChI is InChI=1S/C17H16Cl2FN/c18-16-6-2-5-14(17(16)19)13-7-8-21-10-15(13)11-3-1-4-12(20)9-11/h1-6,9,13,15,21H,7-8,10H2. The number of hydrogen-bond donors (Lipinski definition) is 1. The Hall–Kier alpha value is -1.09. The fourth-order valence-corrected chi connectivity index (χ4v) is 3.57. The van der Waals surface area contributed by atoms with E-state index in [9.17, 15) is 4.39 Å². The van der Waals surface area contributed by atoms with E-state index in [1.165, 1.54) is 6.07 Å². The van der Waals surface area contributed by atoms with Gasteiger partial charge in [0.2, 0.25) is 0 Å². The van der Waals surface area contributed by atoms with Crippen molar-refractivity contribution in [3.05, 3.63) is 69.5 Å². The van der Waals surface area contributed by atoms with E-state index in [2.05, 4.69) is 5.32 Å². The van der Waals surface area contributed by atoms with Crippen LogP contribution in [-0.4, -0.2) is 13.1 Å². The Morgan fingerprint density at radius 2 is 1.86 bits per heavy atom. The molecule has 0 radical (unpaired) electrons. The average Bonchev–Trinajstić information content (AvgIpc) is 2.50. The third kappa shape index (κ3) is 3.08. The molecule has 0 saturated carbocycles. The molecule has 0 bridgehead atoms. The van der Waals surface area contributed by atoms with Crippen LogP contribution in [0.3, 0.4) is 0 Å². The van der Waals surface area contributed by atoms with Crippen LogP contribution >= 0.6 is 23.2 Å². The highest BCUT2D eigenvalue weighted by Gasteiger charge is 2.29. The predicted octanol–water partition coefficient (Wildman–Crippen LogP) is 4.99. The highest BCUT2D eigenvalue weighted by molar-refractivity contribution is 6.42. The number of hydrogen-bond acceptors (Lipinski definition) is 1. The van der Waals surface area contributed by atoms with E-state index in [1.807, 2.05) is 18.2 Å². The number of rotatable bonds is 2. The first-order valence-electron chi connectivity index (χ1n) is 7.07. The summed E-state index contributed by atoms with van der Waals surface area (Å²) in [6.07, 6.45) is 0.960. The molecule has 21 heavy (non-hydrogen) atoms. The smallest absolute Gasteiger partial charge is 0.123 e. The van der Waals surface area contributed by atoms with Crippen LogP contribution in [0, 0.1) is 5.82 Å². The van der Waals surface area contributed by atoms with E-state index >= 15 is 0 Å². The highest BCUT2D eigenvalue weighted by Crippen LogP contribution is 2.42. The summed E-state index contributed by atoms with van der Waals surface area (Å²) < 4.78 is 13.5. The number of benzene rings is 2. The molecule has 2 atom stereocenters. The van der Waals surface area contributed by atoms with E-state index in [0.717, 1.165) is 30.6 Å². The van der Waals surface area contributed by atoms with Crippen molar-refractivity contribution in [3.63, 3.8) is 0 Å². The molecule has 0 aromatic heterocycles. The van der Waals surface area contributed by atoms with Crippen LogP contribution in [0.4, 0.5) is 4.39 Å². The molecular formula is C17H16Cl2FN. The first-order valence-corrected chi connectivity index (χ1v) is 7.82. The molecule has 110 valence electrons. The quantitative estimate of drug-likeness (QED) is 0.820. The second-order valence-corrected chi connectivity index (χ2v) is 6.19. The summed E-state index contributed by atoms with van der Waals surface area (Å²) in [6.45, 7) is 1.75. The van der Waals surface area contributed by atoms with Gasteiger partial charge in [-0.3, -0.25) is 0 Å². The topological polar surface area (TPSA) is 12.0 Å². The van der Waals surface area contributed by atoms with Crippen LogP contribution in [0.25, 0.3) is 0 Å². The summed E-state index contributed by atoms with van der Waals surface area (Å²) in [5, 5.41) is 4.58. The van der Waals surface area contributed by atoms with Gasteiger partial charge in [-0.15, -0.1) is 0 Å². The van der Waals surface area contributed by atoms with Gasteiger partial charge in [0.05, 0.1) is 10.0 Å². The van der Waals surface area contributed by atoms with Crippen LogP contribution in [-0.2, 0) is 0 Å². The second-order valence-electron chi connectivity index (χ2n) is 5.40. The zero-order valence-corrected chi connectivity index (χ0v) is 13.0. The van der Waals surface area contributed by atoms with Gasteiger partial charge in [-0.1, -0.05) is 47.5 Å². The first kappa shape index (κ1) is 14.8. The number of piperidine rings is 1. The molecular weight excluding hydrogens is 308 g/mol. The van der Waals surface area contributed by atoms with E-state index in [-0.39, 0.29) is 17.7 Å². The van der Waals surface area contributed by atoms with E-state index < -0.39 is 0 Å². The van der Waals surface area contributed by atoms with Gasteiger partial charge < -0.3 is 5.32 Å². The van der Waals surface area contributed by atoms with Crippen molar-refractivity contribution in [2.45, 2.75) is 18.3 Å². The van der Waals surface area contributed by atoms with Crippen LogP contribution in [0.5, 0.6) is 0 Å². The first-order chi connectivity index (χ1) is 10.2. The minimum absolute atomic E-state index is 0.199. The van der Waals surface area contributed by atoms with Gasteiger partial charge in [-0.2, -0.15) is 0 Å². The van der Waals surface area contributed by atoms with Crippen molar-refractivity contribution in [1.82, 2.24) is 5.32 Å². The summed E-state index contributed by atoms with van der Waals surface area (Å²) >= 11 is 12.5. The molecule has 1 N–H and O–H groups in total. The molecule has 1 heterocycles. The highest BCUT2D eigenvalue weighted by atomic mass is 35.5. The van der Waals surface area contributed by atoms with Crippen LogP contribution in [0.1, 0.15) is 29.4 Å². The summed E-state index contributed by atoms with van der Waals surface area (Å²) in [4.78, 5) is 0. The largest absolute Gasteiger partial charge is 0.316 e. The Balaban J connectivity index is 2.00. The zero-order valence-electron chi connectivity index (χ0n) is 11.5. The van der Waals surface area contributed by atoms with E-state index in [4.69, 9.17) is 23.2 Å². The van der Waals surface area contributed by atoms with Crippen LogP contribution in [0.2, 0.25) is 10.0 Å². The third-order valence-electron chi connectivity index (χ3n) is 4.14. The van der Waals surface area contributed by atoms with Crippen molar-refractivity contribution in [2.24, 2.45) is 0 Å². The van der Waals surface area contributed by atoms with Crippen molar-refractivity contribution >= 4 is 23.2 Å². The Bertz CT molecular complexity index is 644. The molecule has 1 aliphatic heterocycles. The van der Waals surface area contributed by atoms with Crippen LogP contribution in [0.15, 0.2) is 42.5 Å². The molecule has 1 aliphatic rings. The summed E-state index contributed by atoms with van der Waals surface area (Å²) in [6, 6.07) is 12.6. The Morgan fingerprint density at radius 3 is 2.67 bits per heavy atom. The maximum atomic E-state index is 13.5. The Labute approximate surface area is 134 Å². The van der Waals surface area contributed by atoms with Gasteiger partial charge in [0.1, 0.15) is 5.82 Å². The molecule has 0 aliphatic carbocycles. The summed E-state index contributed by atoms with van der Waals surface area (Å²) in [7, 11) is 0. The van der Waals surface area contributed by atoms with Gasteiger partial charge >= 0.3 is 0 Å². The monoisotopic (exact) mass is 323 g/mol. The minimum atomic E-state index is -0.200. The molecule has 2 aromatic carbocycles. The lowest BCUT2D eigenvalue weighted by Crippen LogP contribution is -2.34. The third-order valence-corrected chi connectivity index (χ3v) is 4.97. The fourth-order valence-electron chi connectivity index (χ4n) is 3.13. The normalized spacial score (nSPS) is 22.2. The summed E-state index contributed by atoms with van der Waals surface area (Å²) in [5.41, 5.74) is 2.06. The van der Waals surface area contributed by atoms with Crippen LogP contribution < -0.4 is 5.32 Å². The van der Waals surface area contributed by atoms with Crippen molar-refractivity contribution < 1.29 is 4.39 Å². The molecule has 0 spiro atoms. The molecule has 4 heteroatoms. The van der Waals surface area contributed by atoms with Gasteiger partial charge in [-0.05, 0) is 48.2 Å². The zero-order chi connectivity index (χ0) is 14.8. The van der Waals surface area contributed by atoms with Crippen molar-refractivity contribution in [2.75, 3.05) is 13.1 Å². The lowest BCUT2D eigenvalue weighted by Gasteiger charge is -2.33. The SMILES string of the molecule is Fc1cccc(C2CNCCC2c2cccc(Cl)c2Cl)c1. The van der Waals surface area contributed by atoms with Gasteiger partial charge in [0.15, 0.2) is 0 Å². The Kier molecular flexibility index (Phi) is 4.48. The predicted molar refractivity (Wildman–Crippen MR) is 85.8 cm³/mol. The van der Waals surface area contributed by atoms with Crippen molar-refractivity contribution in [1.29, 1.82) is 0 Å². The van der Waals surface area contributed by atoms with Crippen molar-refractivity contribution in [3.8, 4) is 0 Å². The lowest BCUT2D eigenvalue weighted by atomic mass is 9.77. The summed E-state index contributed by atoms with van der Waals surface area (Å²) in [5.74, 6) is 0.249. The molecule has 0 amide bonds. The van der Waals surface area contributed by atoms with E-state index in [1.54, 1.807) is 18.2 Å². The molecule has 2 aromatic rings. The van der Waals surface area contributed by atoms with Gasteiger partial charge in [0, 0.05) is 12.5 Å². The molecule has 1 fully saturated rings. The minimum Gasteiger partial charge on any atom is -0.316 e. The lowest BCUT2D eigenvalue weighted by molar-refractivity contribution is 0.403. The maximum Gasteiger partial charge on any atom is 0.123 e. The van der Waals surface area contributed by atoms with E-state index in [0.29, 0.717) is 10.0 Å². The molecule has 3 rings (SSSR count). The second kappa shape index (κ2) is 6.35. The Morgan fingerprint density at radius 1 is 1.05 bits per heavy atom. The number of nitrogens with one attached hydrogen (secondary N) is 1. The molecule has 1 saturated heterocycles. The molecule has 1 nitrogen and oxygen atoms in total. The fraction of sp³-hybridized carbons (Fsp3) is 0.294.